The van der Waals surface area contributed by atoms with Crippen LogP contribution in [0.15, 0.2) is 30.3 Å². The maximum absolute atomic E-state index is 4.58. The molecule has 0 aliphatic carbocycles. The van der Waals surface area contributed by atoms with Crippen LogP contribution >= 0.6 is 0 Å². The van der Waals surface area contributed by atoms with Crippen LogP contribution < -0.4 is 0 Å². The minimum atomic E-state index is 0.783. The number of H-pyrrole nitrogens is 1. The Morgan fingerprint density at radius 1 is 0.944 bits per heavy atom. The number of hydrogen-bond donors (Lipinski definition) is 1. The van der Waals surface area contributed by atoms with Crippen molar-refractivity contribution in [3.05, 3.63) is 47.2 Å². The predicted molar refractivity (Wildman–Crippen MR) is 73.5 cm³/mol. The van der Waals surface area contributed by atoms with Crippen molar-refractivity contribution in [2.24, 2.45) is 0 Å². The molecule has 0 amide bonds. The summed E-state index contributed by atoms with van der Waals surface area (Å²) in [5.41, 5.74) is 6.35. The van der Waals surface area contributed by atoms with Crippen LogP contribution in [0, 0.1) is 20.8 Å². The molecule has 1 N–H and O–H groups in total. The molecule has 1 aromatic carbocycles. The monoisotopic (exact) mass is 237 g/mol. The second-order valence-electron chi connectivity index (χ2n) is 4.73. The van der Waals surface area contributed by atoms with Crippen molar-refractivity contribution in [2.45, 2.75) is 20.8 Å². The highest BCUT2D eigenvalue weighted by Gasteiger charge is 2.08. The molecule has 3 rings (SSSR count). The van der Waals surface area contributed by atoms with Crippen LogP contribution in [0.4, 0.5) is 0 Å². The van der Waals surface area contributed by atoms with Gasteiger partial charge in [-0.2, -0.15) is 0 Å². The van der Waals surface area contributed by atoms with Crippen LogP contribution in [-0.4, -0.2) is 15.0 Å². The Hall–Kier alpha value is -2.16. The second-order valence-corrected chi connectivity index (χ2v) is 4.73. The van der Waals surface area contributed by atoms with Crippen molar-refractivity contribution < 1.29 is 0 Å². The Bertz CT molecular complexity index is 726. The number of benzene rings is 1. The number of pyridine rings is 1. The van der Waals surface area contributed by atoms with Crippen LogP contribution in [0.1, 0.15) is 16.8 Å². The average molecular weight is 237 g/mol. The first-order valence-electron chi connectivity index (χ1n) is 6.04. The minimum absolute atomic E-state index is 0.783. The van der Waals surface area contributed by atoms with Gasteiger partial charge in [-0.3, -0.25) is 0 Å². The molecule has 0 saturated heterocycles. The lowest BCUT2D eigenvalue weighted by Gasteiger charge is -2.03. The number of fused-ring (bicyclic) bond motifs is 1. The molecule has 3 heteroatoms. The number of aryl methyl sites for hydroxylation is 3. The van der Waals surface area contributed by atoms with Crippen molar-refractivity contribution >= 4 is 11.2 Å². The molecule has 0 atom stereocenters. The molecule has 0 spiro atoms. The standard InChI is InChI=1S/C15H15N3/c1-9-4-5-10(2)12(8-9)14-17-13-7-6-11(3)16-15(13)18-14/h4-8H,1-3H3,(H,16,17,18). The van der Waals surface area contributed by atoms with Crippen molar-refractivity contribution in [2.75, 3.05) is 0 Å². The van der Waals surface area contributed by atoms with Crippen LogP contribution in [-0.2, 0) is 0 Å². The molecule has 0 unspecified atom stereocenters. The Morgan fingerprint density at radius 3 is 2.61 bits per heavy atom. The topological polar surface area (TPSA) is 41.6 Å². The van der Waals surface area contributed by atoms with E-state index in [9.17, 15) is 0 Å². The molecule has 0 radical (unpaired) electrons. The van der Waals surface area contributed by atoms with Crippen molar-refractivity contribution in [3.63, 3.8) is 0 Å². The second kappa shape index (κ2) is 3.95. The largest absolute Gasteiger partial charge is 0.337 e. The van der Waals surface area contributed by atoms with E-state index < -0.39 is 0 Å². The summed E-state index contributed by atoms with van der Waals surface area (Å²) in [5.74, 6) is 0.893. The predicted octanol–water partition coefficient (Wildman–Crippen LogP) is 3.55. The Balaban J connectivity index is 2.22. The van der Waals surface area contributed by atoms with Gasteiger partial charge >= 0.3 is 0 Å². The summed E-state index contributed by atoms with van der Waals surface area (Å²) in [6.07, 6.45) is 0. The average Bonchev–Trinajstić information content (AvgIpc) is 2.74. The fraction of sp³-hybridized carbons (Fsp3) is 0.200. The lowest BCUT2D eigenvalue weighted by atomic mass is 10.1. The maximum atomic E-state index is 4.58. The zero-order valence-electron chi connectivity index (χ0n) is 10.8. The first-order chi connectivity index (χ1) is 8.63. The summed E-state index contributed by atoms with van der Waals surface area (Å²) in [6, 6.07) is 10.4. The molecule has 2 heterocycles. The summed E-state index contributed by atoms with van der Waals surface area (Å²) in [7, 11) is 0. The van der Waals surface area contributed by atoms with E-state index in [1.54, 1.807) is 0 Å². The summed E-state index contributed by atoms with van der Waals surface area (Å²) >= 11 is 0. The number of rotatable bonds is 1. The third-order valence-electron chi connectivity index (χ3n) is 3.13. The Morgan fingerprint density at radius 2 is 1.78 bits per heavy atom. The zero-order valence-corrected chi connectivity index (χ0v) is 10.8. The number of hydrogen-bond acceptors (Lipinski definition) is 2. The van der Waals surface area contributed by atoms with Crippen LogP contribution in [0.3, 0.4) is 0 Å². The number of nitrogens with one attached hydrogen (secondary N) is 1. The smallest absolute Gasteiger partial charge is 0.178 e. The van der Waals surface area contributed by atoms with Gasteiger partial charge in [0.15, 0.2) is 5.65 Å². The first kappa shape index (κ1) is 11.0. The minimum Gasteiger partial charge on any atom is -0.337 e. The lowest BCUT2D eigenvalue weighted by Crippen LogP contribution is -1.86. The number of imidazole rings is 1. The van der Waals surface area contributed by atoms with Crippen molar-refractivity contribution in [3.8, 4) is 11.4 Å². The molecule has 0 fully saturated rings. The number of nitrogens with zero attached hydrogens (tertiary/aromatic N) is 2. The van der Waals surface area contributed by atoms with E-state index >= 15 is 0 Å². The van der Waals surface area contributed by atoms with E-state index in [0.29, 0.717) is 0 Å². The van der Waals surface area contributed by atoms with Crippen LogP contribution in [0.25, 0.3) is 22.6 Å². The molecule has 0 bridgehead atoms. The molecule has 3 nitrogen and oxygen atoms in total. The Labute approximate surface area is 106 Å². The lowest BCUT2D eigenvalue weighted by molar-refractivity contribution is 1.22. The molecule has 2 aromatic heterocycles. The van der Waals surface area contributed by atoms with Gasteiger partial charge in [0.05, 0.1) is 5.52 Å². The highest BCUT2D eigenvalue weighted by Crippen LogP contribution is 2.24. The van der Waals surface area contributed by atoms with E-state index in [2.05, 4.69) is 47.0 Å². The molecule has 0 aliphatic heterocycles. The molecule has 0 saturated carbocycles. The first-order valence-corrected chi connectivity index (χ1v) is 6.04. The number of aromatic amines is 1. The molecule has 3 aromatic rings. The van der Waals surface area contributed by atoms with Gasteiger partial charge in [-0.1, -0.05) is 17.7 Å². The number of aromatic nitrogens is 3. The van der Waals surface area contributed by atoms with Crippen LogP contribution in [0.5, 0.6) is 0 Å². The summed E-state index contributed by atoms with van der Waals surface area (Å²) in [5, 5.41) is 0. The van der Waals surface area contributed by atoms with E-state index in [-0.39, 0.29) is 0 Å². The Kier molecular flexibility index (Phi) is 2.40. The van der Waals surface area contributed by atoms with Gasteiger partial charge in [0.25, 0.3) is 0 Å². The van der Waals surface area contributed by atoms with Gasteiger partial charge in [0.1, 0.15) is 5.82 Å². The highest BCUT2D eigenvalue weighted by atomic mass is 15.0. The molecule has 90 valence electrons. The van der Waals surface area contributed by atoms with Gasteiger partial charge < -0.3 is 4.98 Å². The molecular weight excluding hydrogens is 222 g/mol. The third-order valence-corrected chi connectivity index (χ3v) is 3.13. The van der Waals surface area contributed by atoms with Gasteiger partial charge in [-0.25, -0.2) is 9.97 Å². The molecule has 0 aliphatic rings. The zero-order chi connectivity index (χ0) is 12.7. The summed E-state index contributed by atoms with van der Waals surface area (Å²) in [4.78, 5) is 12.3. The van der Waals surface area contributed by atoms with Gasteiger partial charge in [-0.15, -0.1) is 0 Å². The van der Waals surface area contributed by atoms with E-state index in [4.69, 9.17) is 0 Å². The molecular formula is C15H15N3. The SMILES string of the molecule is Cc1ccc(C)c(-c2nc3nc(C)ccc3[nH]2)c1. The van der Waals surface area contributed by atoms with Gasteiger partial charge in [0.2, 0.25) is 0 Å². The summed E-state index contributed by atoms with van der Waals surface area (Å²) < 4.78 is 0. The van der Waals surface area contributed by atoms with E-state index in [1.165, 1.54) is 11.1 Å². The van der Waals surface area contributed by atoms with E-state index in [1.807, 2.05) is 19.1 Å². The van der Waals surface area contributed by atoms with Crippen molar-refractivity contribution in [1.82, 2.24) is 15.0 Å². The fourth-order valence-electron chi connectivity index (χ4n) is 2.11. The summed E-state index contributed by atoms with van der Waals surface area (Å²) in [6.45, 7) is 6.17. The fourth-order valence-corrected chi connectivity index (χ4v) is 2.11. The van der Waals surface area contributed by atoms with Gasteiger partial charge in [0, 0.05) is 11.3 Å². The van der Waals surface area contributed by atoms with Crippen LogP contribution in [0.2, 0.25) is 0 Å². The highest BCUT2D eigenvalue weighted by molar-refractivity contribution is 5.77. The quantitative estimate of drug-likeness (QED) is 0.703. The normalized spacial score (nSPS) is 11.1. The maximum Gasteiger partial charge on any atom is 0.178 e. The van der Waals surface area contributed by atoms with E-state index in [0.717, 1.165) is 28.2 Å². The third kappa shape index (κ3) is 1.78. The van der Waals surface area contributed by atoms with Crippen molar-refractivity contribution in [1.29, 1.82) is 0 Å². The van der Waals surface area contributed by atoms with Gasteiger partial charge in [-0.05, 0) is 44.5 Å². The molecule has 18 heavy (non-hydrogen) atoms.